The van der Waals surface area contributed by atoms with E-state index < -0.39 is 0 Å². The van der Waals surface area contributed by atoms with Gasteiger partial charge in [-0.25, -0.2) is 0 Å². The molecule has 19 heavy (non-hydrogen) atoms. The minimum atomic E-state index is 0.220. The monoisotopic (exact) mass is 289 g/mol. The minimum Gasteiger partial charge on any atom is -0.381 e. The highest BCUT2D eigenvalue weighted by Crippen LogP contribution is 2.19. The predicted octanol–water partition coefficient (Wildman–Crippen LogP) is 2.36. The van der Waals surface area contributed by atoms with Gasteiger partial charge in [0.1, 0.15) is 0 Å². The number of thioether (sulfide) groups is 1. The third-order valence-electron chi connectivity index (χ3n) is 2.67. The van der Waals surface area contributed by atoms with Crippen molar-refractivity contribution >= 4 is 17.7 Å². The Balaban J connectivity index is 3.67. The maximum Gasteiger partial charge on any atom is 0.191 e. The summed E-state index contributed by atoms with van der Waals surface area (Å²) in [5.41, 5.74) is 0. The van der Waals surface area contributed by atoms with Crippen molar-refractivity contribution < 1.29 is 4.74 Å². The van der Waals surface area contributed by atoms with E-state index in [1.54, 1.807) is 7.05 Å². The second-order valence-electron chi connectivity index (χ2n) is 5.64. The smallest absolute Gasteiger partial charge is 0.191 e. The first-order chi connectivity index (χ1) is 8.91. The Morgan fingerprint density at radius 1 is 1.32 bits per heavy atom. The molecule has 0 aliphatic carbocycles. The third kappa shape index (κ3) is 11.1. The van der Waals surface area contributed by atoms with Crippen LogP contribution in [0.2, 0.25) is 0 Å². The predicted molar refractivity (Wildman–Crippen MR) is 87.2 cm³/mol. The number of hydrogen-bond acceptors (Lipinski definition) is 3. The highest BCUT2D eigenvalue weighted by atomic mass is 32.2. The van der Waals surface area contributed by atoms with Gasteiger partial charge in [0.2, 0.25) is 0 Å². The second-order valence-corrected chi connectivity index (χ2v) is 7.15. The van der Waals surface area contributed by atoms with Crippen molar-refractivity contribution in [1.29, 1.82) is 0 Å². The van der Waals surface area contributed by atoms with E-state index in [1.165, 1.54) is 0 Å². The van der Waals surface area contributed by atoms with Crippen molar-refractivity contribution in [3.63, 3.8) is 0 Å². The minimum absolute atomic E-state index is 0.220. The molecule has 2 N–H and O–H groups in total. The zero-order valence-electron chi connectivity index (χ0n) is 13.4. The Morgan fingerprint density at radius 2 is 2.00 bits per heavy atom. The summed E-state index contributed by atoms with van der Waals surface area (Å²) in [6.45, 7) is 12.2. The largest absolute Gasteiger partial charge is 0.381 e. The number of hydrogen-bond donors (Lipinski definition) is 2. The highest BCUT2D eigenvalue weighted by Gasteiger charge is 2.15. The molecule has 0 aromatic rings. The summed E-state index contributed by atoms with van der Waals surface area (Å²) >= 11 is 1.85. The Labute approximate surface area is 123 Å². The van der Waals surface area contributed by atoms with Gasteiger partial charge in [-0.2, -0.15) is 11.8 Å². The normalized spacial score (nSPS) is 12.9. The lowest BCUT2D eigenvalue weighted by atomic mass is 10.2. The van der Waals surface area contributed by atoms with Crippen LogP contribution in [0.25, 0.3) is 0 Å². The van der Waals surface area contributed by atoms with E-state index in [-0.39, 0.29) is 4.75 Å². The maximum atomic E-state index is 5.54. The van der Waals surface area contributed by atoms with Crippen molar-refractivity contribution in [2.75, 3.05) is 39.6 Å². The molecular weight excluding hydrogens is 258 g/mol. The maximum absolute atomic E-state index is 5.54. The van der Waals surface area contributed by atoms with E-state index in [9.17, 15) is 0 Å². The summed E-state index contributed by atoms with van der Waals surface area (Å²) in [7, 11) is 1.80. The van der Waals surface area contributed by atoms with Crippen molar-refractivity contribution in [2.45, 2.75) is 38.9 Å². The summed E-state index contributed by atoms with van der Waals surface area (Å²) in [6.07, 6.45) is 3.13. The average Bonchev–Trinajstić information content (AvgIpc) is 2.36. The molecule has 0 radical (unpaired) electrons. The van der Waals surface area contributed by atoms with Crippen LogP contribution in [0.4, 0.5) is 0 Å². The van der Waals surface area contributed by atoms with Crippen LogP contribution in [-0.4, -0.2) is 50.3 Å². The fourth-order valence-electron chi connectivity index (χ4n) is 1.29. The summed E-state index contributed by atoms with van der Waals surface area (Å²) in [6, 6.07) is 0. The summed E-state index contributed by atoms with van der Waals surface area (Å²) < 4.78 is 5.76. The Kier molecular flexibility index (Phi) is 10.1. The molecule has 0 fully saturated rings. The van der Waals surface area contributed by atoms with Crippen molar-refractivity contribution in [1.82, 2.24) is 10.6 Å². The van der Waals surface area contributed by atoms with Gasteiger partial charge in [-0.1, -0.05) is 13.8 Å². The lowest BCUT2D eigenvalue weighted by Gasteiger charge is -2.23. The van der Waals surface area contributed by atoms with Gasteiger partial charge in [0, 0.05) is 38.1 Å². The molecule has 0 aromatic carbocycles. The van der Waals surface area contributed by atoms with Gasteiger partial charge in [-0.05, 0) is 32.4 Å². The van der Waals surface area contributed by atoms with Gasteiger partial charge in [-0.15, -0.1) is 0 Å². The molecule has 0 heterocycles. The molecule has 0 aliphatic rings. The van der Waals surface area contributed by atoms with Gasteiger partial charge in [0.25, 0.3) is 0 Å². The second kappa shape index (κ2) is 10.4. The molecular formula is C14H31N3OS. The van der Waals surface area contributed by atoms with E-state index in [0.717, 1.165) is 38.7 Å². The number of aliphatic imine (C=N–C) groups is 1. The fraction of sp³-hybridized carbons (Fsp3) is 0.929. The topological polar surface area (TPSA) is 45.7 Å². The molecule has 0 spiro atoms. The number of nitrogens with zero attached hydrogens (tertiary/aromatic N) is 1. The molecule has 5 heteroatoms. The number of ether oxygens (including phenoxy) is 1. The molecule has 114 valence electrons. The van der Waals surface area contributed by atoms with Crippen molar-refractivity contribution in [3.8, 4) is 0 Å². The van der Waals surface area contributed by atoms with E-state index in [0.29, 0.717) is 5.92 Å². The standard InChI is InChI=1S/C14H31N3OS/c1-12(2)10-18-9-7-8-16-13(15-5)17-11-14(3,4)19-6/h12H,7-11H2,1-6H3,(H2,15,16,17). The van der Waals surface area contributed by atoms with Gasteiger partial charge < -0.3 is 15.4 Å². The molecule has 0 atom stereocenters. The van der Waals surface area contributed by atoms with E-state index in [2.05, 4.69) is 49.6 Å². The number of guanidine groups is 1. The average molecular weight is 289 g/mol. The lowest BCUT2D eigenvalue weighted by Crippen LogP contribution is -2.43. The van der Waals surface area contributed by atoms with Gasteiger partial charge in [0.05, 0.1) is 0 Å². The molecule has 0 bridgehead atoms. The Morgan fingerprint density at radius 3 is 2.53 bits per heavy atom. The quantitative estimate of drug-likeness (QED) is 0.388. The molecule has 0 rings (SSSR count). The molecule has 0 aliphatic heterocycles. The third-order valence-corrected chi connectivity index (χ3v) is 3.92. The SMILES string of the molecule is CN=C(NCCCOCC(C)C)NCC(C)(C)SC. The van der Waals surface area contributed by atoms with E-state index in [4.69, 9.17) is 4.74 Å². The lowest BCUT2D eigenvalue weighted by molar-refractivity contribution is 0.108. The first-order valence-corrected chi connectivity index (χ1v) is 8.21. The zero-order valence-corrected chi connectivity index (χ0v) is 14.2. The van der Waals surface area contributed by atoms with Gasteiger partial charge in [0.15, 0.2) is 5.96 Å². The Hall–Kier alpha value is -0.420. The Bertz CT molecular complexity index is 255. The molecule has 0 saturated carbocycles. The first-order valence-electron chi connectivity index (χ1n) is 6.98. The van der Waals surface area contributed by atoms with Crippen LogP contribution in [0.1, 0.15) is 34.1 Å². The fourth-order valence-corrected chi connectivity index (χ4v) is 1.51. The highest BCUT2D eigenvalue weighted by molar-refractivity contribution is 7.99. The number of nitrogens with one attached hydrogen (secondary N) is 2. The van der Waals surface area contributed by atoms with Gasteiger partial charge in [-0.3, -0.25) is 4.99 Å². The summed E-state index contributed by atoms with van der Waals surface area (Å²) in [4.78, 5) is 4.22. The van der Waals surface area contributed by atoms with Gasteiger partial charge >= 0.3 is 0 Å². The number of rotatable bonds is 9. The van der Waals surface area contributed by atoms with Crippen LogP contribution in [0, 0.1) is 5.92 Å². The molecule has 4 nitrogen and oxygen atoms in total. The first kappa shape index (κ1) is 18.6. The van der Waals surface area contributed by atoms with Crippen molar-refractivity contribution in [2.24, 2.45) is 10.9 Å². The van der Waals surface area contributed by atoms with Crippen LogP contribution in [-0.2, 0) is 4.74 Å². The zero-order chi connectivity index (χ0) is 14.7. The molecule has 0 amide bonds. The van der Waals surface area contributed by atoms with Crippen LogP contribution in [0.3, 0.4) is 0 Å². The summed E-state index contributed by atoms with van der Waals surface area (Å²) in [5, 5.41) is 6.65. The van der Waals surface area contributed by atoms with Crippen LogP contribution in [0.5, 0.6) is 0 Å². The van der Waals surface area contributed by atoms with Crippen LogP contribution in [0.15, 0.2) is 4.99 Å². The van der Waals surface area contributed by atoms with Crippen LogP contribution >= 0.6 is 11.8 Å². The molecule has 0 unspecified atom stereocenters. The van der Waals surface area contributed by atoms with Crippen molar-refractivity contribution in [3.05, 3.63) is 0 Å². The van der Waals surface area contributed by atoms with Crippen LogP contribution < -0.4 is 10.6 Å². The van der Waals surface area contributed by atoms with E-state index >= 15 is 0 Å². The summed E-state index contributed by atoms with van der Waals surface area (Å²) in [5.74, 6) is 1.47. The molecule has 0 saturated heterocycles. The molecule has 0 aromatic heterocycles. The van der Waals surface area contributed by atoms with E-state index in [1.807, 2.05) is 11.8 Å².